The second kappa shape index (κ2) is 5.54. The molecule has 0 radical (unpaired) electrons. The number of rotatable bonds is 5. The molecule has 0 aliphatic rings. The van der Waals surface area contributed by atoms with Crippen LogP contribution in [0.1, 0.15) is 13.3 Å². The molecule has 0 bridgehead atoms. The molecule has 0 atom stereocenters. The van der Waals surface area contributed by atoms with Crippen LogP contribution >= 0.6 is 11.3 Å². The molecule has 0 unspecified atom stereocenters. The van der Waals surface area contributed by atoms with Gasteiger partial charge in [-0.15, -0.1) is 0 Å². The standard InChI is InChI=1S/C12H14N2O2S/c1-2-7-15-9-3-5-10(6-4-9)16-12-14-8-11(13)17-12/h3-6,8H,2,7,13H2,1H3. The van der Waals surface area contributed by atoms with Crippen LogP contribution in [0.2, 0.25) is 0 Å². The van der Waals surface area contributed by atoms with Crippen LogP contribution in [0.3, 0.4) is 0 Å². The second-order valence-corrected chi connectivity index (χ2v) is 4.48. The number of anilines is 1. The average Bonchev–Trinajstić information content (AvgIpc) is 2.74. The van der Waals surface area contributed by atoms with Crippen molar-refractivity contribution in [2.24, 2.45) is 0 Å². The molecule has 1 aromatic heterocycles. The van der Waals surface area contributed by atoms with Gasteiger partial charge in [0.25, 0.3) is 5.19 Å². The van der Waals surface area contributed by atoms with E-state index in [2.05, 4.69) is 11.9 Å². The third kappa shape index (κ3) is 3.35. The van der Waals surface area contributed by atoms with Crippen LogP contribution in [-0.2, 0) is 0 Å². The number of nitrogen functional groups attached to an aromatic ring is 1. The van der Waals surface area contributed by atoms with Crippen molar-refractivity contribution in [2.75, 3.05) is 12.3 Å². The van der Waals surface area contributed by atoms with Crippen molar-refractivity contribution in [3.8, 4) is 16.7 Å². The summed E-state index contributed by atoms with van der Waals surface area (Å²) in [5, 5.41) is 1.19. The van der Waals surface area contributed by atoms with E-state index >= 15 is 0 Å². The van der Waals surface area contributed by atoms with Crippen molar-refractivity contribution in [1.29, 1.82) is 0 Å². The maximum absolute atomic E-state index is 5.57. The molecule has 17 heavy (non-hydrogen) atoms. The number of benzene rings is 1. The van der Waals surface area contributed by atoms with Crippen LogP contribution in [0.4, 0.5) is 5.00 Å². The lowest BCUT2D eigenvalue weighted by Crippen LogP contribution is -1.94. The predicted octanol–water partition coefficient (Wildman–Crippen LogP) is 3.31. The van der Waals surface area contributed by atoms with E-state index < -0.39 is 0 Å². The lowest BCUT2D eigenvalue weighted by atomic mass is 10.3. The average molecular weight is 250 g/mol. The van der Waals surface area contributed by atoms with Gasteiger partial charge in [-0.05, 0) is 30.7 Å². The van der Waals surface area contributed by atoms with Crippen LogP contribution in [0.5, 0.6) is 16.7 Å². The van der Waals surface area contributed by atoms with Crippen molar-refractivity contribution >= 4 is 16.3 Å². The summed E-state index contributed by atoms with van der Waals surface area (Å²) in [4.78, 5) is 4.02. The third-order valence-electron chi connectivity index (χ3n) is 2.00. The van der Waals surface area contributed by atoms with E-state index in [1.54, 1.807) is 6.20 Å². The topological polar surface area (TPSA) is 57.4 Å². The first-order valence-electron chi connectivity index (χ1n) is 5.40. The highest BCUT2D eigenvalue weighted by atomic mass is 32.1. The highest BCUT2D eigenvalue weighted by Gasteiger charge is 2.02. The molecular formula is C12H14N2O2S. The number of hydrogen-bond acceptors (Lipinski definition) is 5. The van der Waals surface area contributed by atoms with Crippen molar-refractivity contribution in [3.05, 3.63) is 30.5 Å². The molecule has 0 saturated heterocycles. The van der Waals surface area contributed by atoms with Gasteiger partial charge < -0.3 is 15.2 Å². The van der Waals surface area contributed by atoms with Gasteiger partial charge in [0.15, 0.2) is 0 Å². The lowest BCUT2D eigenvalue weighted by Gasteiger charge is -2.05. The monoisotopic (exact) mass is 250 g/mol. The first-order valence-corrected chi connectivity index (χ1v) is 6.21. The Hall–Kier alpha value is -1.75. The van der Waals surface area contributed by atoms with Gasteiger partial charge in [-0.2, -0.15) is 0 Å². The van der Waals surface area contributed by atoms with E-state index in [1.165, 1.54) is 11.3 Å². The molecule has 0 amide bonds. The molecule has 0 fully saturated rings. The molecule has 0 aliphatic heterocycles. The Kier molecular flexibility index (Phi) is 3.82. The number of hydrogen-bond donors (Lipinski definition) is 1. The third-order valence-corrected chi connectivity index (χ3v) is 2.71. The number of ether oxygens (including phenoxy) is 2. The smallest absolute Gasteiger partial charge is 0.280 e. The van der Waals surface area contributed by atoms with Gasteiger partial charge >= 0.3 is 0 Å². The number of nitrogens with two attached hydrogens (primary N) is 1. The number of thiazole rings is 1. The zero-order valence-electron chi connectivity index (χ0n) is 9.55. The Labute approximate surface area is 104 Å². The van der Waals surface area contributed by atoms with Crippen LogP contribution < -0.4 is 15.2 Å². The van der Waals surface area contributed by atoms with Crippen LogP contribution in [0.25, 0.3) is 0 Å². The van der Waals surface area contributed by atoms with E-state index in [0.717, 1.165) is 24.5 Å². The Morgan fingerprint density at radius 2 is 1.94 bits per heavy atom. The maximum atomic E-state index is 5.57. The van der Waals surface area contributed by atoms with Crippen molar-refractivity contribution in [1.82, 2.24) is 4.98 Å². The summed E-state index contributed by atoms with van der Waals surface area (Å²) in [5.41, 5.74) is 5.57. The molecule has 5 heteroatoms. The van der Waals surface area contributed by atoms with Crippen molar-refractivity contribution < 1.29 is 9.47 Å². The molecule has 2 aromatic rings. The molecule has 0 saturated carbocycles. The van der Waals surface area contributed by atoms with Crippen molar-refractivity contribution in [2.45, 2.75) is 13.3 Å². The molecule has 0 spiro atoms. The van der Waals surface area contributed by atoms with Gasteiger partial charge in [-0.1, -0.05) is 18.3 Å². The fourth-order valence-corrected chi connectivity index (χ4v) is 1.79. The molecule has 2 rings (SSSR count). The molecule has 2 N–H and O–H groups in total. The first-order chi connectivity index (χ1) is 8.28. The quantitative estimate of drug-likeness (QED) is 0.884. The second-order valence-electron chi connectivity index (χ2n) is 3.45. The Balaban J connectivity index is 1.98. The van der Waals surface area contributed by atoms with Gasteiger partial charge in [0.05, 0.1) is 12.8 Å². The number of nitrogens with zero attached hydrogens (tertiary/aromatic N) is 1. The highest BCUT2D eigenvalue weighted by Crippen LogP contribution is 2.28. The van der Waals surface area contributed by atoms with E-state index in [9.17, 15) is 0 Å². The summed E-state index contributed by atoms with van der Waals surface area (Å²) in [6, 6.07) is 7.45. The first kappa shape index (κ1) is 11.7. The lowest BCUT2D eigenvalue weighted by molar-refractivity contribution is 0.317. The summed E-state index contributed by atoms with van der Waals surface area (Å²) in [7, 11) is 0. The Morgan fingerprint density at radius 1 is 1.24 bits per heavy atom. The van der Waals surface area contributed by atoms with Gasteiger partial charge in [0.1, 0.15) is 16.5 Å². The fourth-order valence-electron chi connectivity index (χ4n) is 1.24. The van der Waals surface area contributed by atoms with Crippen LogP contribution in [-0.4, -0.2) is 11.6 Å². The molecule has 4 nitrogen and oxygen atoms in total. The van der Waals surface area contributed by atoms with Gasteiger partial charge in [-0.25, -0.2) is 4.98 Å². The zero-order valence-corrected chi connectivity index (χ0v) is 10.4. The van der Waals surface area contributed by atoms with Gasteiger partial charge in [0.2, 0.25) is 0 Å². The minimum Gasteiger partial charge on any atom is -0.494 e. The normalized spacial score (nSPS) is 10.2. The van der Waals surface area contributed by atoms with Crippen molar-refractivity contribution in [3.63, 3.8) is 0 Å². The Bertz CT molecular complexity index is 468. The van der Waals surface area contributed by atoms with E-state index in [4.69, 9.17) is 15.2 Å². The SMILES string of the molecule is CCCOc1ccc(Oc2ncc(N)s2)cc1. The largest absolute Gasteiger partial charge is 0.494 e. The summed E-state index contributed by atoms with van der Waals surface area (Å²) in [5.74, 6) is 1.57. The molecular weight excluding hydrogens is 236 g/mol. The summed E-state index contributed by atoms with van der Waals surface area (Å²) < 4.78 is 11.0. The van der Waals surface area contributed by atoms with Gasteiger partial charge in [-0.3, -0.25) is 0 Å². The minimum absolute atomic E-state index is 0.546. The fraction of sp³-hybridized carbons (Fsp3) is 0.250. The molecule has 90 valence electrons. The summed E-state index contributed by atoms with van der Waals surface area (Å²) >= 11 is 1.31. The van der Waals surface area contributed by atoms with E-state index in [0.29, 0.717) is 10.2 Å². The minimum atomic E-state index is 0.546. The highest BCUT2D eigenvalue weighted by molar-refractivity contribution is 7.17. The molecule has 1 aromatic carbocycles. The summed E-state index contributed by atoms with van der Waals surface area (Å²) in [6.45, 7) is 2.80. The molecule has 1 heterocycles. The zero-order chi connectivity index (χ0) is 12.1. The van der Waals surface area contributed by atoms with E-state index in [-0.39, 0.29) is 0 Å². The molecule has 0 aliphatic carbocycles. The van der Waals surface area contributed by atoms with Crippen LogP contribution in [0, 0.1) is 0 Å². The maximum Gasteiger partial charge on any atom is 0.280 e. The van der Waals surface area contributed by atoms with E-state index in [1.807, 2.05) is 24.3 Å². The number of aromatic nitrogens is 1. The Morgan fingerprint density at radius 3 is 2.53 bits per heavy atom. The summed E-state index contributed by atoms with van der Waals surface area (Å²) in [6.07, 6.45) is 2.58. The van der Waals surface area contributed by atoms with Gasteiger partial charge in [0, 0.05) is 0 Å². The van der Waals surface area contributed by atoms with Crippen LogP contribution in [0.15, 0.2) is 30.5 Å². The predicted molar refractivity (Wildman–Crippen MR) is 68.8 cm³/mol.